The molecule has 0 saturated heterocycles. The average molecular weight is 272 g/mol. The number of aromatic nitrogens is 3. The minimum atomic E-state index is 0.416. The van der Waals surface area contributed by atoms with Crippen molar-refractivity contribution in [2.45, 2.75) is 26.4 Å². The van der Waals surface area contributed by atoms with E-state index in [9.17, 15) is 0 Å². The summed E-state index contributed by atoms with van der Waals surface area (Å²) in [5, 5.41) is 3.01. The molecule has 0 spiro atoms. The summed E-state index contributed by atoms with van der Waals surface area (Å²) in [5.74, 6) is 0. The molecule has 0 fully saturated rings. The zero-order valence-corrected chi connectivity index (χ0v) is 11.8. The van der Waals surface area contributed by atoms with Crippen molar-refractivity contribution in [1.82, 2.24) is 14.5 Å². The van der Waals surface area contributed by atoms with Crippen LogP contribution in [-0.4, -0.2) is 14.5 Å². The van der Waals surface area contributed by atoms with E-state index in [1.807, 2.05) is 11.7 Å². The van der Waals surface area contributed by atoms with Gasteiger partial charge in [0.05, 0.1) is 23.1 Å². The Bertz CT molecular complexity index is 711. The maximum Gasteiger partial charge on any atom is 0.107 e. The quantitative estimate of drug-likeness (QED) is 0.796. The van der Waals surface area contributed by atoms with Crippen LogP contribution >= 0.6 is 11.3 Å². The molecule has 19 heavy (non-hydrogen) atoms. The van der Waals surface area contributed by atoms with Gasteiger partial charge in [-0.3, -0.25) is 0 Å². The van der Waals surface area contributed by atoms with E-state index < -0.39 is 0 Å². The van der Waals surface area contributed by atoms with Crippen molar-refractivity contribution in [1.29, 1.82) is 0 Å². The second-order valence-corrected chi connectivity index (χ2v) is 5.72. The lowest BCUT2D eigenvalue weighted by molar-refractivity contribution is 0.617. The molecule has 0 saturated carbocycles. The molecule has 0 radical (unpaired) electrons. The monoisotopic (exact) mass is 272 g/mol. The van der Waals surface area contributed by atoms with E-state index >= 15 is 0 Å². The average Bonchev–Trinajstić information content (AvgIpc) is 3.04. The van der Waals surface area contributed by atoms with Crippen molar-refractivity contribution in [3.63, 3.8) is 0 Å². The Morgan fingerprint density at radius 1 is 1.37 bits per heavy atom. The minimum Gasteiger partial charge on any atom is -0.328 e. The fraction of sp³-hybridized carbons (Fsp3) is 0.286. The summed E-state index contributed by atoms with van der Waals surface area (Å²) in [7, 11) is 0. The number of nitrogens with zero attached hydrogens (tertiary/aromatic N) is 3. The SMILES string of the molecule is CC(C)n1cnc2cc(-c3csc(CN)n3)ccc21. The van der Waals surface area contributed by atoms with E-state index in [0.29, 0.717) is 12.6 Å². The fourth-order valence-electron chi connectivity index (χ4n) is 2.14. The maximum atomic E-state index is 5.60. The molecule has 2 N–H and O–H groups in total. The Morgan fingerprint density at radius 3 is 2.89 bits per heavy atom. The molecule has 4 nitrogen and oxygen atoms in total. The van der Waals surface area contributed by atoms with Crippen LogP contribution in [0.2, 0.25) is 0 Å². The van der Waals surface area contributed by atoms with Gasteiger partial charge in [-0.1, -0.05) is 6.07 Å². The van der Waals surface area contributed by atoms with Crippen LogP contribution in [0.15, 0.2) is 29.9 Å². The highest BCUT2D eigenvalue weighted by Crippen LogP contribution is 2.26. The summed E-state index contributed by atoms with van der Waals surface area (Å²) in [6.07, 6.45) is 1.89. The van der Waals surface area contributed by atoms with Gasteiger partial charge in [0.25, 0.3) is 0 Å². The Labute approximate surface area is 115 Å². The van der Waals surface area contributed by atoms with Gasteiger partial charge < -0.3 is 10.3 Å². The number of hydrogen-bond acceptors (Lipinski definition) is 4. The number of fused-ring (bicyclic) bond motifs is 1. The molecule has 2 heterocycles. The van der Waals surface area contributed by atoms with Crippen LogP contribution in [-0.2, 0) is 6.54 Å². The first-order valence-electron chi connectivity index (χ1n) is 6.30. The van der Waals surface area contributed by atoms with Crippen molar-refractivity contribution >= 4 is 22.4 Å². The van der Waals surface area contributed by atoms with Crippen molar-refractivity contribution in [3.8, 4) is 11.3 Å². The molecule has 0 aliphatic rings. The van der Waals surface area contributed by atoms with Crippen LogP contribution in [0.25, 0.3) is 22.3 Å². The summed E-state index contributed by atoms with van der Waals surface area (Å²) in [6, 6.07) is 6.71. The third-order valence-corrected chi connectivity index (χ3v) is 4.02. The zero-order valence-electron chi connectivity index (χ0n) is 11.0. The lowest BCUT2D eigenvalue weighted by Crippen LogP contribution is -1.97. The molecule has 0 aliphatic carbocycles. The predicted octanol–water partition coefficient (Wildman–Crippen LogP) is 3.20. The molecule has 5 heteroatoms. The first-order chi connectivity index (χ1) is 9.19. The van der Waals surface area contributed by atoms with Gasteiger partial charge in [-0.15, -0.1) is 11.3 Å². The number of rotatable bonds is 3. The molecule has 0 bridgehead atoms. The fourth-order valence-corrected chi connectivity index (χ4v) is 2.82. The molecular formula is C14H16N4S. The molecular weight excluding hydrogens is 256 g/mol. The van der Waals surface area contributed by atoms with Gasteiger partial charge in [0.2, 0.25) is 0 Å². The number of hydrogen-bond donors (Lipinski definition) is 1. The minimum absolute atomic E-state index is 0.416. The molecule has 1 aromatic carbocycles. The van der Waals surface area contributed by atoms with Gasteiger partial charge in [0, 0.05) is 23.5 Å². The second-order valence-electron chi connectivity index (χ2n) is 4.78. The summed E-state index contributed by atoms with van der Waals surface area (Å²) >= 11 is 1.60. The number of imidazole rings is 1. The van der Waals surface area contributed by atoms with E-state index in [1.165, 1.54) is 0 Å². The van der Waals surface area contributed by atoms with Gasteiger partial charge in [-0.2, -0.15) is 0 Å². The smallest absolute Gasteiger partial charge is 0.107 e. The van der Waals surface area contributed by atoms with Crippen LogP contribution in [0.3, 0.4) is 0 Å². The molecule has 98 valence electrons. The molecule has 3 aromatic rings. The standard InChI is InChI=1S/C14H16N4S/c1-9(2)18-8-16-11-5-10(3-4-13(11)18)12-7-19-14(6-15)17-12/h3-5,7-9H,6,15H2,1-2H3. The Morgan fingerprint density at radius 2 is 2.21 bits per heavy atom. The Kier molecular flexibility index (Phi) is 3.08. The zero-order chi connectivity index (χ0) is 13.4. The Balaban J connectivity index is 2.07. The highest BCUT2D eigenvalue weighted by molar-refractivity contribution is 7.09. The molecule has 0 unspecified atom stereocenters. The van der Waals surface area contributed by atoms with Crippen molar-refractivity contribution in [2.75, 3.05) is 0 Å². The molecule has 3 rings (SSSR count). The van der Waals surface area contributed by atoms with Crippen molar-refractivity contribution in [2.24, 2.45) is 5.73 Å². The van der Waals surface area contributed by atoms with Gasteiger partial charge in [0.15, 0.2) is 0 Å². The van der Waals surface area contributed by atoms with E-state index in [2.05, 4.69) is 46.6 Å². The van der Waals surface area contributed by atoms with E-state index in [1.54, 1.807) is 11.3 Å². The topological polar surface area (TPSA) is 56.7 Å². The van der Waals surface area contributed by atoms with Crippen LogP contribution in [0.1, 0.15) is 24.9 Å². The molecule has 0 amide bonds. The van der Waals surface area contributed by atoms with E-state index in [-0.39, 0.29) is 0 Å². The lowest BCUT2D eigenvalue weighted by atomic mass is 10.1. The molecule has 0 aliphatic heterocycles. The molecule has 0 atom stereocenters. The van der Waals surface area contributed by atoms with Crippen LogP contribution < -0.4 is 5.73 Å². The summed E-state index contributed by atoms with van der Waals surface area (Å²) in [6.45, 7) is 4.81. The van der Waals surface area contributed by atoms with Crippen LogP contribution in [0, 0.1) is 0 Å². The van der Waals surface area contributed by atoms with Crippen LogP contribution in [0.4, 0.5) is 0 Å². The second kappa shape index (κ2) is 4.75. The highest BCUT2D eigenvalue weighted by Gasteiger charge is 2.09. The summed E-state index contributed by atoms with van der Waals surface area (Å²) in [4.78, 5) is 8.97. The first-order valence-corrected chi connectivity index (χ1v) is 7.18. The lowest BCUT2D eigenvalue weighted by Gasteiger charge is -2.07. The van der Waals surface area contributed by atoms with Gasteiger partial charge in [0.1, 0.15) is 5.01 Å². The predicted molar refractivity (Wildman–Crippen MR) is 79.1 cm³/mol. The van der Waals surface area contributed by atoms with E-state index in [4.69, 9.17) is 5.73 Å². The summed E-state index contributed by atoms with van der Waals surface area (Å²) < 4.78 is 2.17. The Hall–Kier alpha value is -1.72. The third kappa shape index (κ3) is 2.15. The molecule has 2 aromatic heterocycles. The van der Waals surface area contributed by atoms with Crippen molar-refractivity contribution in [3.05, 3.63) is 34.9 Å². The number of nitrogens with two attached hydrogens (primary N) is 1. The van der Waals surface area contributed by atoms with Gasteiger partial charge in [-0.05, 0) is 26.0 Å². The maximum absolute atomic E-state index is 5.60. The number of benzene rings is 1. The summed E-state index contributed by atoms with van der Waals surface area (Å²) in [5.41, 5.74) is 9.84. The number of thiazole rings is 1. The van der Waals surface area contributed by atoms with Gasteiger partial charge in [-0.25, -0.2) is 9.97 Å². The normalized spacial score (nSPS) is 11.6. The third-order valence-electron chi connectivity index (χ3n) is 3.15. The van der Waals surface area contributed by atoms with Crippen molar-refractivity contribution < 1.29 is 0 Å². The highest BCUT2D eigenvalue weighted by atomic mass is 32.1. The van der Waals surface area contributed by atoms with Gasteiger partial charge >= 0.3 is 0 Å². The largest absolute Gasteiger partial charge is 0.328 e. The van der Waals surface area contributed by atoms with E-state index in [0.717, 1.165) is 27.3 Å². The van der Waals surface area contributed by atoms with Crippen LogP contribution in [0.5, 0.6) is 0 Å². The first kappa shape index (κ1) is 12.3.